The third-order valence-corrected chi connectivity index (χ3v) is 5.78. The summed E-state index contributed by atoms with van der Waals surface area (Å²) in [5, 5.41) is 0. The molecule has 0 bridgehead atoms. The molecule has 5 heteroatoms. The van der Waals surface area contributed by atoms with Crippen LogP contribution in [0, 0.1) is 6.92 Å². The van der Waals surface area contributed by atoms with E-state index in [2.05, 4.69) is 4.72 Å². The molecule has 4 nitrogen and oxygen atoms in total. The molecule has 1 saturated carbocycles. The summed E-state index contributed by atoms with van der Waals surface area (Å²) < 4.78 is 29.2. The zero-order chi connectivity index (χ0) is 13.5. The van der Waals surface area contributed by atoms with Gasteiger partial charge in [0.05, 0.1) is 5.54 Å². The van der Waals surface area contributed by atoms with Gasteiger partial charge < -0.3 is 0 Å². The molecule has 1 aromatic rings. The summed E-state index contributed by atoms with van der Waals surface area (Å²) in [6.07, 6.45) is 3.73. The van der Waals surface area contributed by atoms with E-state index >= 15 is 0 Å². The first-order chi connectivity index (χ1) is 9.02. The van der Waals surface area contributed by atoms with Crippen LogP contribution in [0.3, 0.4) is 0 Å². The highest BCUT2D eigenvalue weighted by Gasteiger charge is 2.48. The van der Waals surface area contributed by atoms with Crippen LogP contribution in [0.25, 0.3) is 0 Å². The van der Waals surface area contributed by atoms with Crippen molar-refractivity contribution in [2.45, 2.75) is 38.1 Å². The predicted molar refractivity (Wildman–Crippen MR) is 75.0 cm³/mol. The Balaban J connectivity index is 1.80. The van der Waals surface area contributed by atoms with Gasteiger partial charge in [-0.15, -0.1) is 0 Å². The van der Waals surface area contributed by atoms with Crippen molar-refractivity contribution in [3.8, 4) is 0 Å². The summed E-state index contributed by atoms with van der Waals surface area (Å²) in [6.45, 7) is 3.34. The summed E-state index contributed by atoms with van der Waals surface area (Å²) in [5.74, 6) is 0. The fraction of sp³-hybridized carbons (Fsp3) is 0.571. The first-order valence-corrected chi connectivity index (χ1v) is 8.32. The second-order valence-corrected chi connectivity index (χ2v) is 7.33. The van der Waals surface area contributed by atoms with E-state index in [1.807, 2.05) is 31.2 Å². The molecular formula is C14H20N2O2S. The Bertz CT molecular complexity index is 556. The molecule has 1 saturated heterocycles. The maximum absolute atomic E-state index is 12.3. The summed E-state index contributed by atoms with van der Waals surface area (Å²) in [7, 11) is -3.33. The van der Waals surface area contributed by atoms with Crippen molar-refractivity contribution in [2.24, 2.45) is 0 Å². The number of benzene rings is 1. The Labute approximate surface area is 115 Å². The van der Waals surface area contributed by atoms with E-state index in [1.165, 1.54) is 5.56 Å². The molecule has 1 N–H and O–H groups in total. The maximum atomic E-state index is 12.3. The van der Waals surface area contributed by atoms with Crippen LogP contribution in [0.2, 0.25) is 0 Å². The lowest BCUT2D eigenvalue weighted by atomic mass is 10.0. The molecular weight excluding hydrogens is 260 g/mol. The van der Waals surface area contributed by atoms with E-state index in [-0.39, 0.29) is 5.54 Å². The largest absolute Gasteiger partial charge is 0.280 e. The molecule has 19 heavy (non-hydrogen) atoms. The monoisotopic (exact) mass is 280 g/mol. The molecule has 1 aliphatic carbocycles. The molecule has 2 aliphatic rings. The molecule has 0 spiro atoms. The second-order valence-electron chi connectivity index (χ2n) is 5.66. The Hall–Kier alpha value is -0.910. The van der Waals surface area contributed by atoms with Crippen LogP contribution in [-0.2, 0) is 15.7 Å². The van der Waals surface area contributed by atoms with Crippen LogP contribution in [0.1, 0.15) is 36.8 Å². The third-order valence-electron chi connectivity index (χ3n) is 4.08. The molecule has 3 rings (SSSR count). The van der Waals surface area contributed by atoms with E-state index in [1.54, 1.807) is 4.31 Å². The van der Waals surface area contributed by atoms with Crippen molar-refractivity contribution in [3.63, 3.8) is 0 Å². The fourth-order valence-electron chi connectivity index (χ4n) is 2.69. The smallest absolute Gasteiger partial charge is 0.195 e. The molecule has 0 radical (unpaired) electrons. The maximum Gasteiger partial charge on any atom is 0.280 e. The van der Waals surface area contributed by atoms with Crippen LogP contribution in [0.15, 0.2) is 24.3 Å². The number of rotatable bonds is 4. The molecule has 0 unspecified atom stereocenters. The molecule has 104 valence electrons. The normalized spacial score (nSPS) is 22.6. The minimum absolute atomic E-state index is 0.352. The van der Waals surface area contributed by atoms with Crippen LogP contribution in [-0.4, -0.2) is 25.8 Å². The lowest BCUT2D eigenvalue weighted by Gasteiger charge is -2.23. The zero-order valence-corrected chi connectivity index (χ0v) is 12.0. The third kappa shape index (κ3) is 2.55. The minimum atomic E-state index is -3.33. The number of nitrogens with zero attached hydrogens (tertiary/aromatic N) is 1. The van der Waals surface area contributed by atoms with E-state index in [9.17, 15) is 8.42 Å². The first-order valence-electron chi connectivity index (χ1n) is 6.88. The van der Waals surface area contributed by atoms with Crippen molar-refractivity contribution in [1.29, 1.82) is 0 Å². The molecule has 1 aliphatic heterocycles. The van der Waals surface area contributed by atoms with Gasteiger partial charge in [-0.2, -0.15) is 17.4 Å². The quantitative estimate of drug-likeness (QED) is 0.916. The van der Waals surface area contributed by atoms with Gasteiger partial charge in [0.15, 0.2) is 0 Å². The van der Waals surface area contributed by atoms with Gasteiger partial charge in [0.2, 0.25) is 0 Å². The van der Waals surface area contributed by atoms with Gasteiger partial charge in [0.1, 0.15) is 0 Å². The summed E-state index contributed by atoms with van der Waals surface area (Å²) in [4.78, 5) is 0. The second kappa shape index (κ2) is 4.58. The number of hydrogen-bond acceptors (Lipinski definition) is 2. The van der Waals surface area contributed by atoms with E-state index < -0.39 is 10.2 Å². The molecule has 1 heterocycles. The highest BCUT2D eigenvalue weighted by Crippen LogP contribution is 2.46. The van der Waals surface area contributed by atoms with Crippen molar-refractivity contribution in [3.05, 3.63) is 35.4 Å². The highest BCUT2D eigenvalue weighted by atomic mass is 32.2. The first kappa shape index (κ1) is 13.1. The zero-order valence-electron chi connectivity index (χ0n) is 11.2. The number of hydrogen-bond donors (Lipinski definition) is 1. The molecule has 0 aromatic heterocycles. The van der Waals surface area contributed by atoms with Crippen molar-refractivity contribution in [1.82, 2.24) is 9.03 Å². The van der Waals surface area contributed by atoms with Crippen LogP contribution < -0.4 is 4.72 Å². The van der Waals surface area contributed by atoms with Gasteiger partial charge in [-0.25, -0.2) is 0 Å². The average molecular weight is 280 g/mol. The minimum Gasteiger partial charge on any atom is -0.195 e. The molecule has 0 atom stereocenters. The molecule has 0 amide bonds. The van der Waals surface area contributed by atoms with Crippen molar-refractivity contribution >= 4 is 10.2 Å². The number of aryl methyl sites for hydroxylation is 1. The van der Waals surface area contributed by atoms with Gasteiger partial charge in [0, 0.05) is 13.1 Å². The Kier molecular flexibility index (Phi) is 3.15. The van der Waals surface area contributed by atoms with Gasteiger partial charge in [-0.3, -0.25) is 0 Å². The average Bonchev–Trinajstić information content (AvgIpc) is 2.93. The topological polar surface area (TPSA) is 49.4 Å². The molecule has 1 aromatic carbocycles. The van der Waals surface area contributed by atoms with E-state index in [4.69, 9.17) is 0 Å². The van der Waals surface area contributed by atoms with E-state index in [0.717, 1.165) is 31.2 Å². The SMILES string of the molecule is Cc1ccc(C2(NS(=O)(=O)N3CCCC3)CC2)cc1. The lowest BCUT2D eigenvalue weighted by molar-refractivity contribution is 0.450. The lowest BCUT2D eigenvalue weighted by Crippen LogP contribution is -2.44. The van der Waals surface area contributed by atoms with Crippen LogP contribution in [0.4, 0.5) is 0 Å². The van der Waals surface area contributed by atoms with Gasteiger partial charge in [0.25, 0.3) is 10.2 Å². The Morgan fingerprint density at radius 3 is 2.21 bits per heavy atom. The van der Waals surface area contributed by atoms with Crippen molar-refractivity contribution in [2.75, 3.05) is 13.1 Å². The predicted octanol–water partition coefficient (Wildman–Crippen LogP) is 1.91. The van der Waals surface area contributed by atoms with Gasteiger partial charge in [-0.1, -0.05) is 29.8 Å². The standard InChI is InChI=1S/C14H20N2O2S/c1-12-4-6-13(7-5-12)14(8-9-14)15-19(17,18)16-10-2-3-11-16/h4-7,15H,2-3,8-11H2,1H3. The van der Waals surface area contributed by atoms with Crippen LogP contribution >= 0.6 is 0 Å². The van der Waals surface area contributed by atoms with E-state index in [0.29, 0.717) is 13.1 Å². The van der Waals surface area contributed by atoms with Crippen molar-refractivity contribution < 1.29 is 8.42 Å². The summed E-state index contributed by atoms with van der Waals surface area (Å²) in [6, 6.07) is 8.16. The Morgan fingerprint density at radius 2 is 1.68 bits per heavy atom. The van der Waals surface area contributed by atoms with Crippen LogP contribution in [0.5, 0.6) is 0 Å². The highest BCUT2D eigenvalue weighted by molar-refractivity contribution is 7.87. The summed E-state index contributed by atoms with van der Waals surface area (Å²) in [5.41, 5.74) is 1.93. The summed E-state index contributed by atoms with van der Waals surface area (Å²) >= 11 is 0. The van der Waals surface area contributed by atoms with Gasteiger partial charge >= 0.3 is 0 Å². The fourth-order valence-corrected chi connectivity index (χ4v) is 4.37. The number of nitrogens with one attached hydrogen (secondary N) is 1. The Morgan fingerprint density at radius 1 is 1.11 bits per heavy atom. The van der Waals surface area contributed by atoms with Gasteiger partial charge in [-0.05, 0) is 38.2 Å². The molecule has 2 fully saturated rings.